The topological polar surface area (TPSA) is 57.3 Å². The summed E-state index contributed by atoms with van der Waals surface area (Å²) in [5.41, 5.74) is 1.98. The second kappa shape index (κ2) is 7.68. The molecule has 1 fully saturated rings. The van der Waals surface area contributed by atoms with E-state index in [9.17, 15) is 9.18 Å². The first kappa shape index (κ1) is 18.1. The van der Waals surface area contributed by atoms with Gasteiger partial charge in [0.2, 0.25) is 5.91 Å². The number of thiazole rings is 1. The zero-order chi connectivity index (χ0) is 16.5. The van der Waals surface area contributed by atoms with Crippen LogP contribution in [0.25, 0.3) is 0 Å². The standard InChI is InChI=1S/C17H19FN4OS.ClH/c18-15-12-5-6-19-10-11(12)3-4-13(15)21-16(23)14-2-1-8-22(14)17-20-7-9-24-17;/h3-4,7,9,14,19H,1-2,5-6,8,10H2,(H,21,23);1H. The highest BCUT2D eigenvalue weighted by atomic mass is 35.5. The van der Waals surface area contributed by atoms with Gasteiger partial charge in [-0.05, 0) is 43.0 Å². The zero-order valence-corrected chi connectivity index (χ0v) is 15.3. The molecule has 1 aromatic carbocycles. The maximum absolute atomic E-state index is 14.7. The molecule has 0 radical (unpaired) electrons. The summed E-state index contributed by atoms with van der Waals surface area (Å²) < 4.78 is 14.7. The molecule has 1 aromatic heterocycles. The molecule has 2 aliphatic heterocycles. The first-order valence-corrected chi connectivity index (χ1v) is 9.10. The number of hydrogen-bond acceptors (Lipinski definition) is 5. The van der Waals surface area contributed by atoms with Crippen LogP contribution in [0.5, 0.6) is 0 Å². The molecule has 1 unspecified atom stereocenters. The lowest BCUT2D eigenvalue weighted by atomic mass is 9.99. The minimum Gasteiger partial charge on any atom is -0.336 e. The number of fused-ring (bicyclic) bond motifs is 1. The normalized spacial score (nSPS) is 19.2. The van der Waals surface area contributed by atoms with Crippen LogP contribution < -0.4 is 15.5 Å². The fourth-order valence-corrected chi connectivity index (χ4v) is 4.19. The van der Waals surface area contributed by atoms with Crippen LogP contribution >= 0.6 is 23.7 Å². The lowest BCUT2D eigenvalue weighted by Gasteiger charge is -2.24. The molecule has 8 heteroatoms. The van der Waals surface area contributed by atoms with Gasteiger partial charge in [-0.3, -0.25) is 4.79 Å². The fraction of sp³-hybridized carbons (Fsp3) is 0.412. The number of rotatable bonds is 3. The molecule has 1 atom stereocenters. The third kappa shape index (κ3) is 3.49. The second-order valence-corrected chi connectivity index (χ2v) is 7.02. The molecule has 0 spiro atoms. The Labute approximate surface area is 156 Å². The summed E-state index contributed by atoms with van der Waals surface area (Å²) in [6.07, 6.45) is 4.10. The van der Waals surface area contributed by atoms with Crippen LogP contribution in [0.3, 0.4) is 0 Å². The maximum Gasteiger partial charge on any atom is 0.247 e. The number of anilines is 2. The fourth-order valence-electron chi connectivity index (χ4n) is 3.47. The molecule has 0 bridgehead atoms. The Bertz CT molecular complexity index is 755. The molecule has 5 nitrogen and oxygen atoms in total. The van der Waals surface area contributed by atoms with Crippen molar-refractivity contribution in [2.24, 2.45) is 0 Å². The van der Waals surface area contributed by atoms with Crippen LogP contribution in [0.1, 0.15) is 24.0 Å². The Morgan fingerprint density at radius 1 is 1.44 bits per heavy atom. The van der Waals surface area contributed by atoms with Crippen LogP contribution in [-0.4, -0.2) is 30.0 Å². The van der Waals surface area contributed by atoms with E-state index in [0.29, 0.717) is 13.0 Å². The van der Waals surface area contributed by atoms with Gasteiger partial charge < -0.3 is 15.5 Å². The van der Waals surface area contributed by atoms with Crippen molar-refractivity contribution in [3.63, 3.8) is 0 Å². The van der Waals surface area contributed by atoms with Gasteiger partial charge in [-0.2, -0.15) is 0 Å². The van der Waals surface area contributed by atoms with E-state index in [0.717, 1.165) is 42.2 Å². The minimum atomic E-state index is -0.291. The van der Waals surface area contributed by atoms with E-state index in [1.54, 1.807) is 12.3 Å². The van der Waals surface area contributed by atoms with E-state index in [-0.39, 0.29) is 35.9 Å². The van der Waals surface area contributed by atoms with Crippen molar-refractivity contribution in [1.29, 1.82) is 0 Å². The monoisotopic (exact) mass is 382 g/mol. The molecule has 2 N–H and O–H groups in total. The summed E-state index contributed by atoms with van der Waals surface area (Å²) in [5.74, 6) is -0.448. The first-order valence-electron chi connectivity index (χ1n) is 8.22. The number of carbonyl (C=O) groups is 1. The summed E-state index contributed by atoms with van der Waals surface area (Å²) >= 11 is 1.52. The van der Waals surface area contributed by atoms with Gasteiger partial charge >= 0.3 is 0 Å². The van der Waals surface area contributed by atoms with E-state index in [1.807, 2.05) is 16.3 Å². The third-order valence-electron chi connectivity index (χ3n) is 4.69. The molecule has 0 aliphatic carbocycles. The highest BCUT2D eigenvalue weighted by Crippen LogP contribution is 2.29. The largest absolute Gasteiger partial charge is 0.336 e. The Hall–Kier alpha value is -1.70. The molecule has 25 heavy (non-hydrogen) atoms. The minimum absolute atomic E-state index is 0. The Kier molecular flexibility index (Phi) is 5.56. The predicted octanol–water partition coefficient (Wildman–Crippen LogP) is 2.96. The SMILES string of the molecule is Cl.O=C(Nc1ccc2c(c1F)CCNC2)C1CCCN1c1nccs1. The van der Waals surface area contributed by atoms with Crippen molar-refractivity contribution in [2.45, 2.75) is 31.8 Å². The molecule has 0 saturated carbocycles. The van der Waals surface area contributed by atoms with Gasteiger partial charge in [0, 0.05) is 24.7 Å². The number of nitrogens with zero attached hydrogens (tertiary/aromatic N) is 2. The summed E-state index contributed by atoms with van der Waals surface area (Å²) in [6.45, 7) is 2.26. The van der Waals surface area contributed by atoms with Crippen LogP contribution in [0.2, 0.25) is 0 Å². The van der Waals surface area contributed by atoms with Crippen molar-refractivity contribution >= 4 is 40.5 Å². The first-order chi connectivity index (χ1) is 11.7. The number of nitrogens with one attached hydrogen (secondary N) is 2. The van der Waals surface area contributed by atoms with E-state index in [2.05, 4.69) is 15.6 Å². The number of benzene rings is 1. The van der Waals surface area contributed by atoms with Gasteiger partial charge in [0.25, 0.3) is 0 Å². The molecular weight excluding hydrogens is 363 g/mol. The summed E-state index contributed by atoms with van der Waals surface area (Å²) in [4.78, 5) is 19.0. The number of amides is 1. The summed E-state index contributed by atoms with van der Waals surface area (Å²) in [6, 6.07) is 3.28. The number of hydrogen-bond donors (Lipinski definition) is 2. The second-order valence-electron chi connectivity index (χ2n) is 6.15. The third-order valence-corrected chi connectivity index (χ3v) is 5.49. The molecule has 1 amide bonds. The van der Waals surface area contributed by atoms with Gasteiger partial charge in [0.05, 0.1) is 5.69 Å². The number of carbonyl (C=O) groups excluding carboxylic acids is 1. The van der Waals surface area contributed by atoms with Crippen molar-refractivity contribution in [3.8, 4) is 0 Å². The molecule has 1 saturated heterocycles. The highest BCUT2D eigenvalue weighted by molar-refractivity contribution is 7.13. The van der Waals surface area contributed by atoms with E-state index < -0.39 is 0 Å². The van der Waals surface area contributed by atoms with Crippen molar-refractivity contribution in [3.05, 3.63) is 40.7 Å². The summed E-state index contributed by atoms with van der Waals surface area (Å²) in [7, 11) is 0. The molecule has 134 valence electrons. The molecule has 4 rings (SSSR count). The molecule has 2 aromatic rings. The molecule has 2 aliphatic rings. The maximum atomic E-state index is 14.7. The highest BCUT2D eigenvalue weighted by Gasteiger charge is 2.32. The van der Waals surface area contributed by atoms with Crippen LogP contribution in [0.4, 0.5) is 15.2 Å². The average molecular weight is 383 g/mol. The smallest absolute Gasteiger partial charge is 0.247 e. The van der Waals surface area contributed by atoms with Gasteiger partial charge in [0.1, 0.15) is 11.9 Å². The number of aromatic nitrogens is 1. The summed E-state index contributed by atoms with van der Waals surface area (Å²) in [5, 5.41) is 8.78. The van der Waals surface area contributed by atoms with E-state index in [1.165, 1.54) is 11.3 Å². The number of halogens is 2. The van der Waals surface area contributed by atoms with Gasteiger partial charge in [-0.1, -0.05) is 6.07 Å². The van der Waals surface area contributed by atoms with Gasteiger partial charge in [-0.25, -0.2) is 9.37 Å². The predicted molar refractivity (Wildman–Crippen MR) is 100 cm³/mol. The molecular formula is C17H20ClFN4OS. The van der Waals surface area contributed by atoms with Crippen molar-refractivity contribution < 1.29 is 9.18 Å². The van der Waals surface area contributed by atoms with Crippen LogP contribution in [-0.2, 0) is 17.8 Å². The van der Waals surface area contributed by atoms with Crippen LogP contribution in [0.15, 0.2) is 23.7 Å². The molecule has 3 heterocycles. The van der Waals surface area contributed by atoms with Crippen LogP contribution in [0, 0.1) is 5.82 Å². The quantitative estimate of drug-likeness (QED) is 0.856. The lowest BCUT2D eigenvalue weighted by molar-refractivity contribution is -0.117. The zero-order valence-electron chi connectivity index (χ0n) is 13.6. The Balaban J connectivity index is 0.00000182. The average Bonchev–Trinajstić information content (AvgIpc) is 3.28. The Morgan fingerprint density at radius 2 is 2.32 bits per heavy atom. The van der Waals surface area contributed by atoms with Crippen molar-refractivity contribution in [1.82, 2.24) is 10.3 Å². The Morgan fingerprint density at radius 3 is 3.12 bits per heavy atom. The van der Waals surface area contributed by atoms with E-state index >= 15 is 0 Å². The van der Waals surface area contributed by atoms with Gasteiger partial charge in [-0.15, -0.1) is 23.7 Å². The van der Waals surface area contributed by atoms with E-state index in [4.69, 9.17) is 0 Å². The lowest BCUT2D eigenvalue weighted by Crippen LogP contribution is -2.40. The van der Waals surface area contributed by atoms with Gasteiger partial charge in [0.15, 0.2) is 5.13 Å². The van der Waals surface area contributed by atoms with Crippen molar-refractivity contribution in [2.75, 3.05) is 23.3 Å².